The van der Waals surface area contributed by atoms with Crippen molar-refractivity contribution < 1.29 is 24.1 Å². The van der Waals surface area contributed by atoms with Gasteiger partial charge in [0.15, 0.2) is 17.3 Å². The molecule has 0 aliphatic carbocycles. The van der Waals surface area contributed by atoms with Gasteiger partial charge in [0.2, 0.25) is 5.75 Å². The maximum atomic E-state index is 12.4. The van der Waals surface area contributed by atoms with Crippen molar-refractivity contribution in [2.24, 2.45) is 0 Å². The highest BCUT2D eigenvalue weighted by atomic mass is 16.5. The average Bonchev–Trinajstić information content (AvgIpc) is 2.59. The molecule has 0 aliphatic rings. The summed E-state index contributed by atoms with van der Waals surface area (Å²) in [5.41, 5.74) is 1.18. The van der Waals surface area contributed by atoms with E-state index in [1.165, 1.54) is 27.4 Å². The number of carbonyl (C=O) groups excluding carboxylic acids is 1. The van der Waals surface area contributed by atoms with E-state index in [4.69, 9.17) is 14.2 Å². The third-order valence-electron chi connectivity index (χ3n) is 3.29. The molecule has 5 nitrogen and oxygen atoms in total. The lowest BCUT2D eigenvalue weighted by atomic mass is 10.1. The van der Waals surface area contributed by atoms with Gasteiger partial charge in [0, 0.05) is 0 Å². The third-order valence-corrected chi connectivity index (χ3v) is 3.29. The van der Waals surface area contributed by atoms with E-state index in [1.54, 1.807) is 42.5 Å². The van der Waals surface area contributed by atoms with Crippen LogP contribution in [0.5, 0.6) is 23.0 Å². The van der Waals surface area contributed by atoms with Crippen LogP contribution >= 0.6 is 0 Å². The van der Waals surface area contributed by atoms with Gasteiger partial charge in [-0.25, -0.2) is 0 Å². The second-order valence-corrected chi connectivity index (χ2v) is 4.67. The molecule has 5 heteroatoms. The highest BCUT2D eigenvalue weighted by Crippen LogP contribution is 2.40. The Labute approximate surface area is 134 Å². The number of aromatic hydroxyl groups is 1. The Morgan fingerprint density at radius 1 is 0.913 bits per heavy atom. The Morgan fingerprint density at radius 3 is 2.13 bits per heavy atom. The number of phenols is 1. The van der Waals surface area contributed by atoms with Gasteiger partial charge < -0.3 is 19.3 Å². The normalized spacial score (nSPS) is 10.6. The Balaban J connectivity index is 2.33. The average molecular weight is 314 g/mol. The molecule has 2 aromatic carbocycles. The lowest BCUT2D eigenvalue weighted by molar-refractivity contribution is 0.104. The fraction of sp³-hybridized carbons (Fsp3) is 0.167. The van der Waals surface area contributed by atoms with Crippen molar-refractivity contribution in [3.63, 3.8) is 0 Å². The van der Waals surface area contributed by atoms with E-state index in [2.05, 4.69) is 0 Å². The van der Waals surface area contributed by atoms with Gasteiger partial charge in [-0.2, -0.15) is 0 Å². The smallest absolute Gasteiger partial charge is 0.204 e. The summed E-state index contributed by atoms with van der Waals surface area (Å²) in [6.45, 7) is 0. The van der Waals surface area contributed by atoms with E-state index in [9.17, 15) is 9.90 Å². The molecule has 0 heterocycles. The molecule has 0 radical (unpaired) electrons. The van der Waals surface area contributed by atoms with Crippen LogP contribution in [0.4, 0.5) is 0 Å². The van der Waals surface area contributed by atoms with Gasteiger partial charge in [-0.15, -0.1) is 0 Å². The van der Waals surface area contributed by atoms with E-state index >= 15 is 0 Å². The highest BCUT2D eigenvalue weighted by molar-refractivity contribution is 6.09. The number of carbonyl (C=O) groups is 1. The number of ketones is 1. The van der Waals surface area contributed by atoms with E-state index in [-0.39, 0.29) is 11.5 Å². The van der Waals surface area contributed by atoms with Crippen molar-refractivity contribution in [3.8, 4) is 23.0 Å². The van der Waals surface area contributed by atoms with Gasteiger partial charge in [0.05, 0.1) is 26.9 Å². The van der Waals surface area contributed by atoms with Gasteiger partial charge in [-0.1, -0.05) is 18.2 Å². The monoisotopic (exact) mass is 314 g/mol. The lowest BCUT2D eigenvalue weighted by Crippen LogP contribution is -2.02. The lowest BCUT2D eigenvalue weighted by Gasteiger charge is -2.14. The summed E-state index contributed by atoms with van der Waals surface area (Å²) in [7, 11) is 4.47. The molecule has 0 spiro atoms. The van der Waals surface area contributed by atoms with Crippen molar-refractivity contribution in [1.82, 2.24) is 0 Å². The largest absolute Gasteiger partial charge is 0.508 e. The molecule has 0 fully saturated rings. The van der Waals surface area contributed by atoms with Gasteiger partial charge in [-0.3, -0.25) is 4.79 Å². The van der Waals surface area contributed by atoms with Gasteiger partial charge >= 0.3 is 0 Å². The zero-order chi connectivity index (χ0) is 16.8. The van der Waals surface area contributed by atoms with Gasteiger partial charge in [-0.05, 0) is 35.9 Å². The van der Waals surface area contributed by atoms with Crippen LogP contribution < -0.4 is 14.2 Å². The topological polar surface area (TPSA) is 65.0 Å². The predicted octanol–water partition coefficient (Wildman–Crippen LogP) is 3.31. The molecule has 0 atom stereocenters. The minimum atomic E-state index is -0.226. The number of ether oxygens (including phenoxy) is 3. The van der Waals surface area contributed by atoms with E-state index < -0.39 is 0 Å². The molecule has 0 aromatic heterocycles. The maximum Gasteiger partial charge on any atom is 0.204 e. The van der Waals surface area contributed by atoms with E-state index in [0.29, 0.717) is 22.8 Å². The SMILES string of the molecule is COc1ccc(C(=O)C=Cc2ccc(O)cc2)c(OC)c1OC. The first-order valence-electron chi connectivity index (χ1n) is 6.91. The molecule has 0 saturated carbocycles. The van der Waals surface area contributed by atoms with E-state index in [0.717, 1.165) is 5.56 Å². The van der Waals surface area contributed by atoms with Crippen LogP contribution in [0.15, 0.2) is 42.5 Å². The summed E-state index contributed by atoms with van der Waals surface area (Å²) < 4.78 is 15.8. The number of phenolic OH excluding ortho intramolecular Hbond substituents is 1. The molecule has 0 saturated heterocycles. The van der Waals surface area contributed by atoms with Gasteiger partial charge in [0.1, 0.15) is 5.75 Å². The molecule has 120 valence electrons. The summed E-state index contributed by atoms with van der Waals surface area (Å²) in [6.07, 6.45) is 3.11. The number of hydrogen-bond acceptors (Lipinski definition) is 5. The van der Waals surface area contributed by atoms with Crippen LogP contribution in [0, 0.1) is 0 Å². The molecular formula is C18H18O5. The highest BCUT2D eigenvalue weighted by Gasteiger charge is 2.19. The van der Waals surface area contributed by atoms with Crippen LogP contribution in [-0.4, -0.2) is 32.2 Å². The minimum absolute atomic E-state index is 0.176. The molecule has 2 aromatic rings. The molecule has 0 aliphatic heterocycles. The van der Waals surface area contributed by atoms with Crippen LogP contribution in [0.1, 0.15) is 15.9 Å². The number of hydrogen-bond donors (Lipinski definition) is 1. The first-order chi connectivity index (χ1) is 11.1. The molecule has 2 rings (SSSR count). The standard InChI is InChI=1S/C18H18O5/c1-21-16-11-9-14(17(22-2)18(16)23-3)15(20)10-6-12-4-7-13(19)8-5-12/h4-11,19H,1-3H3. The third kappa shape index (κ3) is 3.63. The molecule has 1 N–H and O–H groups in total. The van der Waals surface area contributed by atoms with Crippen LogP contribution in [0.2, 0.25) is 0 Å². The quantitative estimate of drug-likeness (QED) is 0.654. The fourth-order valence-corrected chi connectivity index (χ4v) is 2.14. The summed E-state index contributed by atoms with van der Waals surface area (Å²) in [6, 6.07) is 9.82. The number of rotatable bonds is 6. The maximum absolute atomic E-state index is 12.4. The zero-order valence-corrected chi connectivity index (χ0v) is 13.2. The van der Waals surface area contributed by atoms with Crippen molar-refractivity contribution in [2.75, 3.05) is 21.3 Å². The Hall–Kier alpha value is -2.95. The fourth-order valence-electron chi connectivity index (χ4n) is 2.14. The van der Waals surface area contributed by atoms with Gasteiger partial charge in [0.25, 0.3) is 0 Å². The summed E-state index contributed by atoms with van der Waals surface area (Å²) in [5, 5.41) is 9.25. The zero-order valence-electron chi connectivity index (χ0n) is 13.2. The Bertz CT molecular complexity index is 717. The van der Waals surface area contributed by atoms with Crippen molar-refractivity contribution in [1.29, 1.82) is 0 Å². The minimum Gasteiger partial charge on any atom is -0.508 e. The van der Waals surface area contributed by atoms with Crippen molar-refractivity contribution in [2.45, 2.75) is 0 Å². The molecule has 0 amide bonds. The second kappa shape index (κ2) is 7.35. The first-order valence-corrected chi connectivity index (χ1v) is 6.91. The first kappa shape index (κ1) is 16.4. The summed E-state index contributed by atoms with van der Waals surface area (Å²) >= 11 is 0. The number of benzene rings is 2. The van der Waals surface area contributed by atoms with Crippen LogP contribution in [-0.2, 0) is 0 Å². The molecule has 0 bridgehead atoms. The van der Waals surface area contributed by atoms with Crippen molar-refractivity contribution >= 4 is 11.9 Å². The molecule has 23 heavy (non-hydrogen) atoms. The summed E-state index contributed by atoms with van der Waals surface area (Å²) in [4.78, 5) is 12.4. The second-order valence-electron chi connectivity index (χ2n) is 4.67. The number of methoxy groups -OCH3 is 3. The summed E-state index contributed by atoms with van der Waals surface area (Å²) in [5.74, 6) is 1.14. The molecular weight excluding hydrogens is 296 g/mol. The Morgan fingerprint density at radius 2 is 1.57 bits per heavy atom. The van der Waals surface area contributed by atoms with Crippen LogP contribution in [0.25, 0.3) is 6.08 Å². The van der Waals surface area contributed by atoms with Crippen molar-refractivity contribution in [3.05, 3.63) is 53.6 Å². The van der Waals surface area contributed by atoms with E-state index in [1.807, 2.05) is 0 Å². The number of allylic oxidation sites excluding steroid dienone is 1. The Kier molecular flexibility index (Phi) is 5.25. The molecule has 0 unspecified atom stereocenters. The predicted molar refractivity (Wildman–Crippen MR) is 87.6 cm³/mol. The van der Waals surface area contributed by atoms with Crippen LogP contribution in [0.3, 0.4) is 0 Å².